The van der Waals surface area contributed by atoms with Crippen LogP contribution in [-0.4, -0.2) is 39.0 Å². The molecule has 1 saturated heterocycles. The number of aliphatic hydroxyl groups is 1. The fourth-order valence-electron chi connectivity index (χ4n) is 2.92. The standard InChI is InChI=1S/C17H22ClN3O/c1-12-3-5-14(6-4-12)9-21-17(18)16(13(2)19-21)11-20-8-7-15(22)10-20/h3-6,15,22H,7-11H2,1-2H3/t15-/m1/s1. The van der Waals surface area contributed by atoms with Crippen LogP contribution in [0.3, 0.4) is 0 Å². The van der Waals surface area contributed by atoms with E-state index in [0.29, 0.717) is 11.7 Å². The molecule has 0 bridgehead atoms. The maximum atomic E-state index is 9.64. The van der Waals surface area contributed by atoms with Crippen LogP contribution in [0.1, 0.15) is 28.8 Å². The number of likely N-dealkylation sites (tertiary alicyclic amines) is 1. The molecule has 118 valence electrons. The van der Waals surface area contributed by atoms with E-state index in [1.165, 1.54) is 11.1 Å². The molecule has 0 spiro atoms. The number of aliphatic hydroxyl groups excluding tert-OH is 1. The fraction of sp³-hybridized carbons (Fsp3) is 0.471. The SMILES string of the molecule is Cc1ccc(Cn2nc(C)c(CN3CC[C@@H](O)C3)c2Cl)cc1. The maximum Gasteiger partial charge on any atom is 0.132 e. The second-order valence-corrected chi connectivity index (χ2v) is 6.53. The van der Waals surface area contributed by atoms with Gasteiger partial charge in [0.15, 0.2) is 0 Å². The van der Waals surface area contributed by atoms with Crippen molar-refractivity contribution >= 4 is 11.6 Å². The molecule has 1 atom stereocenters. The predicted octanol–water partition coefficient (Wildman–Crippen LogP) is 2.77. The summed E-state index contributed by atoms with van der Waals surface area (Å²) < 4.78 is 1.86. The van der Waals surface area contributed by atoms with Crippen molar-refractivity contribution < 1.29 is 5.11 Å². The lowest BCUT2D eigenvalue weighted by Crippen LogP contribution is -2.21. The van der Waals surface area contributed by atoms with E-state index in [4.69, 9.17) is 11.6 Å². The normalized spacial score (nSPS) is 19.0. The van der Waals surface area contributed by atoms with Gasteiger partial charge in [-0.05, 0) is 25.8 Å². The van der Waals surface area contributed by atoms with Crippen molar-refractivity contribution in [3.8, 4) is 0 Å². The van der Waals surface area contributed by atoms with Gasteiger partial charge in [0.25, 0.3) is 0 Å². The van der Waals surface area contributed by atoms with Crippen molar-refractivity contribution in [2.75, 3.05) is 13.1 Å². The summed E-state index contributed by atoms with van der Waals surface area (Å²) >= 11 is 6.54. The van der Waals surface area contributed by atoms with Gasteiger partial charge in [0.05, 0.1) is 18.3 Å². The zero-order valence-corrected chi connectivity index (χ0v) is 13.8. The first-order valence-corrected chi connectivity index (χ1v) is 8.08. The Morgan fingerprint density at radius 3 is 2.59 bits per heavy atom. The molecule has 1 fully saturated rings. The largest absolute Gasteiger partial charge is 0.392 e. The van der Waals surface area contributed by atoms with Crippen LogP contribution in [0.5, 0.6) is 0 Å². The molecule has 2 aromatic rings. The van der Waals surface area contributed by atoms with E-state index in [-0.39, 0.29) is 6.10 Å². The number of hydrogen-bond acceptors (Lipinski definition) is 3. The highest BCUT2D eigenvalue weighted by Crippen LogP contribution is 2.24. The molecule has 0 radical (unpaired) electrons. The molecular weight excluding hydrogens is 298 g/mol. The summed E-state index contributed by atoms with van der Waals surface area (Å²) in [5.74, 6) is 0. The van der Waals surface area contributed by atoms with E-state index < -0.39 is 0 Å². The number of aromatic nitrogens is 2. The van der Waals surface area contributed by atoms with E-state index in [9.17, 15) is 5.11 Å². The van der Waals surface area contributed by atoms with Gasteiger partial charge in [0, 0.05) is 25.2 Å². The van der Waals surface area contributed by atoms with Gasteiger partial charge in [-0.25, -0.2) is 4.68 Å². The number of aryl methyl sites for hydroxylation is 2. The van der Waals surface area contributed by atoms with Crippen LogP contribution in [-0.2, 0) is 13.1 Å². The van der Waals surface area contributed by atoms with Crippen molar-refractivity contribution in [1.82, 2.24) is 14.7 Å². The van der Waals surface area contributed by atoms with Gasteiger partial charge in [-0.3, -0.25) is 4.90 Å². The summed E-state index contributed by atoms with van der Waals surface area (Å²) in [6.45, 7) is 7.16. The number of benzene rings is 1. The maximum absolute atomic E-state index is 9.64. The molecule has 0 aliphatic carbocycles. The zero-order valence-electron chi connectivity index (χ0n) is 13.1. The van der Waals surface area contributed by atoms with Crippen molar-refractivity contribution in [3.05, 3.63) is 51.8 Å². The zero-order chi connectivity index (χ0) is 15.7. The van der Waals surface area contributed by atoms with Crippen LogP contribution >= 0.6 is 11.6 Å². The molecule has 0 saturated carbocycles. The molecule has 1 aliphatic heterocycles. The molecule has 1 aliphatic rings. The Labute approximate surface area is 136 Å². The molecule has 5 heteroatoms. The minimum atomic E-state index is -0.207. The van der Waals surface area contributed by atoms with Crippen LogP contribution in [0, 0.1) is 13.8 Å². The molecule has 4 nitrogen and oxygen atoms in total. The Bertz CT molecular complexity index is 651. The highest BCUT2D eigenvalue weighted by Gasteiger charge is 2.23. The average Bonchev–Trinajstić information content (AvgIpc) is 3.00. The first kappa shape index (κ1) is 15.5. The molecule has 1 aromatic carbocycles. The molecule has 1 aromatic heterocycles. The molecule has 0 unspecified atom stereocenters. The lowest BCUT2D eigenvalue weighted by Gasteiger charge is -2.14. The van der Waals surface area contributed by atoms with Crippen molar-refractivity contribution in [3.63, 3.8) is 0 Å². The van der Waals surface area contributed by atoms with Gasteiger partial charge in [-0.2, -0.15) is 5.10 Å². The Morgan fingerprint density at radius 1 is 1.23 bits per heavy atom. The van der Waals surface area contributed by atoms with E-state index >= 15 is 0 Å². The minimum absolute atomic E-state index is 0.207. The molecule has 1 N–H and O–H groups in total. The summed E-state index contributed by atoms with van der Waals surface area (Å²) in [5.41, 5.74) is 4.49. The van der Waals surface area contributed by atoms with Crippen molar-refractivity contribution in [2.45, 2.75) is 39.5 Å². The highest BCUT2D eigenvalue weighted by atomic mass is 35.5. The topological polar surface area (TPSA) is 41.3 Å². The average molecular weight is 320 g/mol. The molecule has 3 rings (SSSR count). The number of β-amino-alcohol motifs (C(OH)–C–C–N with tert-alkyl or cyclic N) is 1. The van der Waals surface area contributed by atoms with E-state index in [0.717, 1.165) is 37.3 Å². The Kier molecular flexibility index (Phi) is 4.52. The third-order valence-electron chi connectivity index (χ3n) is 4.27. The smallest absolute Gasteiger partial charge is 0.132 e. The van der Waals surface area contributed by atoms with E-state index in [1.807, 2.05) is 11.6 Å². The monoisotopic (exact) mass is 319 g/mol. The van der Waals surface area contributed by atoms with Crippen LogP contribution in [0.4, 0.5) is 0 Å². The van der Waals surface area contributed by atoms with E-state index in [2.05, 4.69) is 41.2 Å². The lowest BCUT2D eigenvalue weighted by atomic mass is 10.1. The first-order valence-electron chi connectivity index (χ1n) is 7.70. The number of hydrogen-bond donors (Lipinski definition) is 1. The number of nitrogens with zero attached hydrogens (tertiary/aromatic N) is 3. The summed E-state index contributed by atoms with van der Waals surface area (Å²) in [6.07, 6.45) is 0.635. The second kappa shape index (κ2) is 6.41. The van der Waals surface area contributed by atoms with E-state index in [1.54, 1.807) is 0 Å². The lowest BCUT2D eigenvalue weighted by molar-refractivity contribution is 0.174. The molecule has 0 amide bonds. The van der Waals surface area contributed by atoms with Crippen molar-refractivity contribution in [2.24, 2.45) is 0 Å². The quantitative estimate of drug-likeness (QED) is 0.942. The fourth-order valence-corrected chi connectivity index (χ4v) is 3.21. The number of halogens is 1. The number of rotatable bonds is 4. The Balaban J connectivity index is 1.76. The van der Waals surface area contributed by atoms with Gasteiger partial charge in [-0.1, -0.05) is 41.4 Å². The molecular formula is C17H22ClN3O. The van der Waals surface area contributed by atoms with Crippen LogP contribution in [0.2, 0.25) is 5.15 Å². The Hall–Kier alpha value is -1.36. The molecule has 2 heterocycles. The summed E-state index contributed by atoms with van der Waals surface area (Å²) in [7, 11) is 0. The summed E-state index contributed by atoms with van der Waals surface area (Å²) in [6, 6.07) is 8.43. The van der Waals surface area contributed by atoms with Gasteiger partial charge in [-0.15, -0.1) is 0 Å². The van der Waals surface area contributed by atoms with Gasteiger partial charge in [0.1, 0.15) is 5.15 Å². The summed E-state index contributed by atoms with van der Waals surface area (Å²) in [4.78, 5) is 2.23. The highest BCUT2D eigenvalue weighted by molar-refractivity contribution is 6.30. The minimum Gasteiger partial charge on any atom is -0.392 e. The molecule has 22 heavy (non-hydrogen) atoms. The van der Waals surface area contributed by atoms with Crippen LogP contribution < -0.4 is 0 Å². The van der Waals surface area contributed by atoms with Gasteiger partial charge in [0.2, 0.25) is 0 Å². The van der Waals surface area contributed by atoms with Gasteiger partial charge < -0.3 is 5.11 Å². The second-order valence-electron chi connectivity index (χ2n) is 6.18. The van der Waals surface area contributed by atoms with Crippen LogP contribution in [0.15, 0.2) is 24.3 Å². The Morgan fingerprint density at radius 2 is 1.95 bits per heavy atom. The predicted molar refractivity (Wildman–Crippen MR) is 88.2 cm³/mol. The van der Waals surface area contributed by atoms with Crippen molar-refractivity contribution in [1.29, 1.82) is 0 Å². The first-order chi connectivity index (χ1) is 10.5. The van der Waals surface area contributed by atoms with Crippen LogP contribution in [0.25, 0.3) is 0 Å². The van der Waals surface area contributed by atoms with Gasteiger partial charge >= 0.3 is 0 Å². The third-order valence-corrected chi connectivity index (χ3v) is 4.69. The third kappa shape index (κ3) is 3.35. The summed E-state index contributed by atoms with van der Waals surface area (Å²) in [5, 5.41) is 14.9.